The van der Waals surface area contributed by atoms with Crippen LogP contribution in [-0.2, 0) is 11.2 Å². The molecule has 1 nitrogen and oxygen atoms in total. The lowest BCUT2D eigenvalue weighted by Crippen LogP contribution is -1.98. The Labute approximate surface area is 40.9 Å². The van der Waals surface area contributed by atoms with Gasteiger partial charge in [-0.1, -0.05) is 0 Å². The molecule has 0 bridgehead atoms. The molecule has 0 radical (unpaired) electrons. The molecule has 0 aromatic rings. The summed E-state index contributed by atoms with van der Waals surface area (Å²) >= 11 is -1.01. The maximum atomic E-state index is 10.4. The molecule has 1 aliphatic heterocycles. The van der Waals surface area contributed by atoms with Crippen LogP contribution >= 0.6 is 0 Å². The molecular formula is C4H10OS. The molecule has 1 saturated heterocycles. The highest BCUT2D eigenvalue weighted by Gasteiger charge is 2.02. The quantitative estimate of drug-likeness (QED) is 0.398. The molecule has 0 aromatic carbocycles. The zero-order valence-electron chi connectivity index (χ0n) is 3.74. The minimum absolute atomic E-state index is 1.01. The standard InChI is InChI=1S/C4H10OS/c5-6-3-1-2-4-6/h1-4,6H2. The Bertz CT molecular complexity index is 40.8. The molecule has 0 atom stereocenters. The third-order valence-corrected chi connectivity index (χ3v) is 2.98. The first-order valence-electron chi connectivity index (χ1n) is 2.41. The van der Waals surface area contributed by atoms with Crippen LogP contribution in [0.25, 0.3) is 0 Å². The Balaban J connectivity index is 2.18. The van der Waals surface area contributed by atoms with E-state index in [1.54, 1.807) is 0 Å². The van der Waals surface area contributed by atoms with Gasteiger partial charge in [0.1, 0.15) is 0 Å². The highest BCUT2D eigenvalue weighted by Crippen LogP contribution is 2.08. The minimum atomic E-state index is -1.01. The summed E-state index contributed by atoms with van der Waals surface area (Å²) < 4.78 is 10.4. The van der Waals surface area contributed by atoms with Crippen molar-refractivity contribution in [3.8, 4) is 0 Å². The Morgan fingerprint density at radius 3 is 1.83 bits per heavy atom. The molecule has 1 rings (SSSR count). The summed E-state index contributed by atoms with van der Waals surface area (Å²) in [6.07, 6.45) is 2.44. The van der Waals surface area contributed by atoms with Crippen molar-refractivity contribution in [2.45, 2.75) is 12.8 Å². The predicted octanol–water partition coefficient (Wildman–Crippen LogP) is -0.00650. The van der Waals surface area contributed by atoms with Gasteiger partial charge in [-0.05, 0) is 12.8 Å². The van der Waals surface area contributed by atoms with Crippen molar-refractivity contribution >= 4 is 11.2 Å². The largest absolute Gasteiger partial charge is 0.689 e. The molecule has 0 unspecified atom stereocenters. The van der Waals surface area contributed by atoms with Crippen LogP contribution in [0.15, 0.2) is 0 Å². The van der Waals surface area contributed by atoms with Gasteiger partial charge in [0, 0.05) is 11.5 Å². The molecule has 1 heterocycles. The molecule has 0 aliphatic carbocycles. The molecule has 0 spiro atoms. The molecular weight excluding hydrogens is 96.1 g/mol. The summed E-state index contributed by atoms with van der Waals surface area (Å²) in [4.78, 5) is 0. The molecule has 0 aromatic heterocycles. The van der Waals surface area contributed by atoms with Gasteiger partial charge in [0.2, 0.25) is 0 Å². The fourth-order valence-corrected chi connectivity index (χ4v) is 2.31. The van der Waals surface area contributed by atoms with E-state index in [0.29, 0.717) is 0 Å². The van der Waals surface area contributed by atoms with Crippen molar-refractivity contribution in [3.63, 3.8) is 0 Å². The fraction of sp³-hybridized carbons (Fsp3) is 1.00. The SMILES string of the molecule is [O-][SH2+]1CCCC1. The summed E-state index contributed by atoms with van der Waals surface area (Å²) in [5.41, 5.74) is 0. The van der Waals surface area contributed by atoms with Crippen molar-refractivity contribution in [3.05, 3.63) is 0 Å². The summed E-state index contributed by atoms with van der Waals surface area (Å²) in [5.74, 6) is 2.06. The van der Waals surface area contributed by atoms with Crippen LogP contribution in [0.3, 0.4) is 0 Å². The van der Waals surface area contributed by atoms with E-state index in [4.69, 9.17) is 0 Å². The number of hydrogen-bond acceptors (Lipinski definition) is 1. The first kappa shape index (κ1) is 4.47. The first-order valence-corrected chi connectivity index (χ1v) is 4.23. The van der Waals surface area contributed by atoms with Crippen molar-refractivity contribution in [1.29, 1.82) is 0 Å². The van der Waals surface area contributed by atoms with Crippen LogP contribution in [0, 0.1) is 0 Å². The lowest BCUT2D eigenvalue weighted by atomic mass is 10.4. The second-order valence-electron chi connectivity index (χ2n) is 1.75. The smallest absolute Gasteiger partial charge is 0.0349 e. The Hall–Kier alpha value is 0.310. The van der Waals surface area contributed by atoms with Crippen molar-refractivity contribution in [2.24, 2.45) is 0 Å². The normalized spacial score (nSPS) is 28.5. The third kappa shape index (κ3) is 0.884. The Morgan fingerprint density at radius 2 is 1.67 bits per heavy atom. The molecule has 0 N–H and O–H groups in total. The van der Waals surface area contributed by atoms with E-state index in [2.05, 4.69) is 0 Å². The average molecular weight is 106 g/mol. The second-order valence-corrected chi connectivity index (χ2v) is 3.82. The van der Waals surface area contributed by atoms with E-state index in [9.17, 15) is 4.55 Å². The molecule has 0 saturated carbocycles. The van der Waals surface area contributed by atoms with Crippen LogP contribution in [0.2, 0.25) is 0 Å². The van der Waals surface area contributed by atoms with Crippen molar-refractivity contribution < 1.29 is 4.55 Å². The average Bonchev–Trinajstić information content (AvgIpc) is 1.86. The molecule has 38 valence electrons. The third-order valence-electron chi connectivity index (χ3n) is 1.16. The van der Waals surface area contributed by atoms with E-state index >= 15 is 0 Å². The lowest BCUT2D eigenvalue weighted by Gasteiger charge is -2.11. The molecule has 1 fully saturated rings. The predicted molar refractivity (Wildman–Crippen MR) is 29.9 cm³/mol. The van der Waals surface area contributed by atoms with Gasteiger partial charge in [-0.2, -0.15) is 0 Å². The van der Waals surface area contributed by atoms with Gasteiger partial charge >= 0.3 is 0 Å². The summed E-state index contributed by atoms with van der Waals surface area (Å²) in [6.45, 7) is 0. The van der Waals surface area contributed by atoms with Crippen molar-refractivity contribution in [1.82, 2.24) is 0 Å². The number of rotatable bonds is 0. The van der Waals surface area contributed by atoms with Gasteiger partial charge < -0.3 is 15.7 Å². The molecule has 2 heteroatoms. The van der Waals surface area contributed by atoms with Gasteiger partial charge in [0.15, 0.2) is 0 Å². The molecule has 6 heavy (non-hydrogen) atoms. The van der Waals surface area contributed by atoms with E-state index < -0.39 is 11.2 Å². The van der Waals surface area contributed by atoms with E-state index in [1.807, 2.05) is 0 Å². The van der Waals surface area contributed by atoms with Crippen LogP contribution in [0.1, 0.15) is 12.8 Å². The molecule has 0 amide bonds. The number of hydrogen-bond donors (Lipinski definition) is 0. The summed E-state index contributed by atoms with van der Waals surface area (Å²) in [7, 11) is 0. The van der Waals surface area contributed by atoms with Gasteiger partial charge in [0.25, 0.3) is 0 Å². The minimum Gasteiger partial charge on any atom is -0.689 e. The Morgan fingerprint density at radius 1 is 1.17 bits per heavy atom. The highest BCUT2D eigenvalue weighted by atomic mass is 32.2. The van der Waals surface area contributed by atoms with Crippen LogP contribution < -0.4 is 0 Å². The second kappa shape index (κ2) is 1.85. The van der Waals surface area contributed by atoms with Gasteiger partial charge in [-0.25, -0.2) is 0 Å². The maximum absolute atomic E-state index is 10.4. The summed E-state index contributed by atoms with van der Waals surface area (Å²) in [6, 6.07) is 0. The van der Waals surface area contributed by atoms with Crippen LogP contribution in [0.4, 0.5) is 0 Å². The molecule has 1 aliphatic rings. The zero-order chi connectivity index (χ0) is 4.41. The first-order chi connectivity index (χ1) is 2.89. The fourth-order valence-electron chi connectivity index (χ4n) is 0.769. The maximum Gasteiger partial charge on any atom is 0.0349 e. The van der Waals surface area contributed by atoms with Crippen LogP contribution in [-0.4, -0.2) is 16.1 Å². The van der Waals surface area contributed by atoms with E-state index in [-0.39, 0.29) is 0 Å². The monoisotopic (exact) mass is 106 g/mol. The van der Waals surface area contributed by atoms with Crippen molar-refractivity contribution in [2.75, 3.05) is 11.5 Å². The van der Waals surface area contributed by atoms with Gasteiger partial charge in [0.05, 0.1) is 0 Å². The zero-order valence-corrected chi connectivity index (χ0v) is 4.74. The van der Waals surface area contributed by atoms with Gasteiger partial charge in [-0.15, -0.1) is 0 Å². The van der Waals surface area contributed by atoms with E-state index in [0.717, 1.165) is 11.5 Å². The van der Waals surface area contributed by atoms with E-state index in [1.165, 1.54) is 12.8 Å². The van der Waals surface area contributed by atoms with Crippen LogP contribution in [0.5, 0.6) is 0 Å². The topological polar surface area (TPSA) is 23.1 Å². The lowest BCUT2D eigenvalue weighted by molar-refractivity contribution is 0.601. The Kier molecular flexibility index (Phi) is 1.37. The van der Waals surface area contributed by atoms with Gasteiger partial charge in [-0.3, -0.25) is 0 Å². The summed E-state index contributed by atoms with van der Waals surface area (Å²) in [5, 5.41) is 0. The highest BCUT2D eigenvalue weighted by molar-refractivity contribution is 7.91.